The van der Waals surface area contributed by atoms with E-state index in [1.807, 2.05) is 22.3 Å². The van der Waals surface area contributed by atoms with Crippen LogP contribution in [0.15, 0.2) is 28.8 Å². The fourth-order valence-electron chi connectivity index (χ4n) is 4.58. The second-order valence-electron chi connectivity index (χ2n) is 8.10. The van der Waals surface area contributed by atoms with Crippen LogP contribution < -0.4 is 10.5 Å². The van der Waals surface area contributed by atoms with Crippen molar-refractivity contribution in [2.45, 2.75) is 50.7 Å². The van der Waals surface area contributed by atoms with Gasteiger partial charge in [0.15, 0.2) is 5.82 Å². The molecular weight excluding hydrogens is 346 g/mol. The number of thiazole rings is 1. The molecule has 2 aromatic heterocycles. The highest BCUT2D eigenvalue weighted by Gasteiger charge is 2.56. The van der Waals surface area contributed by atoms with Crippen molar-refractivity contribution in [2.24, 2.45) is 5.41 Å². The summed E-state index contributed by atoms with van der Waals surface area (Å²) in [6, 6.07) is 1.06. The number of rotatable bonds is 5. The second kappa shape index (κ2) is 6.16. The summed E-state index contributed by atoms with van der Waals surface area (Å²) >= 11 is 1.73. The van der Waals surface area contributed by atoms with Crippen molar-refractivity contribution < 1.29 is 0 Å². The molecule has 2 aliphatic carbocycles. The van der Waals surface area contributed by atoms with E-state index >= 15 is 0 Å². The lowest BCUT2D eigenvalue weighted by atomic mass is 9.92. The van der Waals surface area contributed by atoms with E-state index in [2.05, 4.69) is 26.8 Å². The van der Waals surface area contributed by atoms with Gasteiger partial charge < -0.3 is 9.47 Å². The fraction of sp³-hybridized carbons (Fsp3) is 0.632. The maximum absolute atomic E-state index is 12.7. The molecule has 1 saturated heterocycles. The summed E-state index contributed by atoms with van der Waals surface area (Å²) in [5, 5.41) is 3.24. The molecule has 2 saturated carbocycles. The molecule has 0 radical (unpaired) electrons. The van der Waals surface area contributed by atoms with Crippen molar-refractivity contribution in [2.75, 3.05) is 25.0 Å². The van der Waals surface area contributed by atoms with Crippen LogP contribution in [-0.2, 0) is 6.54 Å². The van der Waals surface area contributed by atoms with Gasteiger partial charge in [-0.15, -0.1) is 11.3 Å². The Labute approximate surface area is 157 Å². The van der Waals surface area contributed by atoms with Crippen molar-refractivity contribution >= 4 is 17.2 Å². The predicted octanol–water partition coefficient (Wildman–Crippen LogP) is 2.53. The van der Waals surface area contributed by atoms with Gasteiger partial charge >= 0.3 is 0 Å². The quantitative estimate of drug-likeness (QED) is 0.808. The van der Waals surface area contributed by atoms with Crippen LogP contribution in [0.5, 0.6) is 0 Å². The minimum atomic E-state index is 0.0965. The lowest BCUT2D eigenvalue weighted by molar-refractivity contribution is 0.238. The third kappa shape index (κ3) is 2.87. The molecule has 7 heteroatoms. The van der Waals surface area contributed by atoms with Gasteiger partial charge in [-0.3, -0.25) is 9.69 Å². The summed E-state index contributed by atoms with van der Waals surface area (Å²) in [6.45, 7) is 2.83. The van der Waals surface area contributed by atoms with Gasteiger partial charge in [0, 0.05) is 49.1 Å². The van der Waals surface area contributed by atoms with E-state index in [0.29, 0.717) is 23.3 Å². The van der Waals surface area contributed by atoms with Crippen molar-refractivity contribution in [3.05, 3.63) is 39.3 Å². The summed E-state index contributed by atoms with van der Waals surface area (Å²) in [4.78, 5) is 26.2. The van der Waals surface area contributed by atoms with Gasteiger partial charge in [-0.1, -0.05) is 0 Å². The first-order valence-electron chi connectivity index (χ1n) is 9.57. The minimum Gasteiger partial charge on any atom is -0.352 e. The Bertz CT molecular complexity index is 836. The molecule has 0 amide bonds. The summed E-state index contributed by atoms with van der Waals surface area (Å²) in [5.74, 6) is 0.655. The van der Waals surface area contributed by atoms with Crippen LogP contribution >= 0.6 is 11.3 Å². The van der Waals surface area contributed by atoms with Crippen molar-refractivity contribution in [1.29, 1.82) is 0 Å². The van der Waals surface area contributed by atoms with E-state index in [-0.39, 0.29) is 5.56 Å². The van der Waals surface area contributed by atoms with E-state index in [1.54, 1.807) is 17.5 Å². The Morgan fingerprint density at radius 2 is 2.08 bits per heavy atom. The Morgan fingerprint density at radius 3 is 2.77 bits per heavy atom. The zero-order chi connectivity index (χ0) is 17.7. The number of piperidine rings is 1. The monoisotopic (exact) mass is 371 g/mol. The molecule has 0 N–H and O–H groups in total. The van der Waals surface area contributed by atoms with Crippen molar-refractivity contribution in [3.63, 3.8) is 0 Å². The van der Waals surface area contributed by atoms with E-state index in [4.69, 9.17) is 0 Å². The normalized spacial score (nSPS) is 24.4. The third-order valence-corrected chi connectivity index (χ3v) is 7.16. The Balaban J connectivity index is 1.23. The van der Waals surface area contributed by atoms with Gasteiger partial charge in [-0.05, 0) is 44.6 Å². The van der Waals surface area contributed by atoms with Crippen LogP contribution in [-0.4, -0.2) is 45.6 Å². The van der Waals surface area contributed by atoms with Gasteiger partial charge in [0.05, 0.1) is 6.54 Å². The van der Waals surface area contributed by atoms with Gasteiger partial charge in [0.25, 0.3) is 5.56 Å². The smallest absolute Gasteiger partial charge is 0.293 e. The highest BCUT2D eigenvalue weighted by Crippen LogP contribution is 2.56. The van der Waals surface area contributed by atoms with E-state index < -0.39 is 0 Å². The van der Waals surface area contributed by atoms with Crippen LogP contribution in [0.1, 0.15) is 43.2 Å². The summed E-state index contributed by atoms with van der Waals surface area (Å²) in [7, 11) is 2.22. The first-order chi connectivity index (χ1) is 12.7. The molecule has 0 bridgehead atoms. The first-order valence-corrected chi connectivity index (χ1v) is 10.4. The van der Waals surface area contributed by atoms with Crippen molar-refractivity contribution in [3.8, 4) is 0 Å². The average Bonchev–Trinajstić information content (AvgIpc) is 3.55. The molecule has 138 valence electrons. The molecule has 1 aliphatic heterocycles. The molecule has 26 heavy (non-hydrogen) atoms. The summed E-state index contributed by atoms with van der Waals surface area (Å²) in [6.07, 6.45) is 11.4. The molecule has 3 fully saturated rings. The first kappa shape index (κ1) is 16.4. The average molecular weight is 372 g/mol. The maximum atomic E-state index is 12.7. The minimum absolute atomic E-state index is 0.0965. The molecule has 2 aromatic rings. The highest BCUT2D eigenvalue weighted by atomic mass is 32.1. The third-order valence-electron chi connectivity index (χ3n) is 6.40. The molecule has 3 heterocycles. The molecule has 0 aromatic carbocycles. The lowest BCUT2D eigenvalue weighted by Gasteiger charge is -2.34. The number of nitrogens with zero attached hydrogens (tertiary/aromatic N) is 5. The number of hydrogen-bond donors (Lipinski definition) is 0. The summed E-state index contributed by atoms with van der Waals surface area (Å²) < 4.78 is 1.88. The van der Waals surface area contributed by atoms with Crippen LogP contribution in [0.4, 0.5) is 5.82 Å². The van der Waals surface area contributed by atoms with Gasteiger partial charge in [-0.25, -0.2) is 9.97 Å². The summed E-state index contributed by atoms with van der Waals surface area (Å²) in [5.41, 5.74) is 0.534. The largest absolute Gasteiger partial charge is 0.352 e. The Hall–Kier alpha value is -1.73. The second-order valence-corrected chi connectivity index (χ2v) is 9.08. The van der Waals surface area contributed by atoms with Crippen LogP contribution in [0.25, 0.3) is 0 Å². The topological polar surface area (TPSA) is 54.3 Å². The van der Waals surface area contributed by atoms with E-state index in [9.17, 15) is 4.79 Å². The molecule has 3 aliphatic rings. The Kier molecular flexibility index (Phi) is 3.90. The molecule has 1 spiro atoms. The fourth-order valence-corrected chi connectivity index (χ4v) is 5.26. The Morgan fingerprint density at radius 1 is 1.27 bits per heavy atom. The standard InChI is InChI=1S/C19H25N5OS/c1-22(13-16-20-7-11-26-16)15-12-19(15)4-8-23(9-5-19)17-18(25)24(10-6-21-17)14-2-3-14/h6-7,10-11,14-15H,2-5,8-9,12-13H2,1H3. The van der Waals surface area contributed by atoms with Crippen LogP contribution in [0.2, 0.25) is 0 Å². The van der Waals surface area contributed by atoms with Crippen LogP contribution in [0, 0.1) is 5.41 Å². The maximum Gasteiger partial charge on any atom is 0.293 e. The SMILES string of the molecule is CN(Cc1nccs1)C1CC12CCN(c1nccn(C3CC3)c1=O)CC2. The lowest BCUT2D eigenvalue weighted by Crippen LogP contribution is -2.41. The van der Waals surface area contributed by atoms with Gasteiger partial charge in [-0.2, -0.15) is 0 Å². The number of aromatic nitrogens is 3. The van der Waals surface area contributed by atoms with Gasteiger partial charge in [0.1, 0.15) is 5.01 Å². The van der Waals surface area contributed by atoms with Crippen molar-refractivity contribution in [1.82, 2.24) is 19.4 Å². The zero-order valence-electron chi connectivity index (χ0n) is 15.2. The molecule has 6 nitrogen and oxygen atoms in total. The predicted molar refractivity (Wildman–Crippen MR) is 103 cm³/mol. The number of anilines is 1. The van der Waals surface area contributed by atoms with E-state index in [1.165, 1.54) is 11.4 Å². The molecule has 1 atom stereocenters. The van der Waals surface area contributed by atoms with E-state index in [0.717, 1.165) is 45.3 Å². The molecule has 5 rings (SSSR count). The molecular formula is C19H25N5OS. The zero-order valence-corrected chi connectivity index (χ0v) is 16.0. The molecule has 1 unspecified atom stereocenters. The van der Waals surface area contributed by atoms with Gasteiger partial charge in [0.2, 0.25) is 0 Å². The van der Waals surface area contributed by atoms with Crippen LogP contribution in [0.3, 0.4) is 0 Å². The number of hydrogen-bond acceptors (Lipinski definition) is 6. The highest BCUT2D eigenvalue weighted by molar-refractivity contribution is 7.09.